The Morgan fingerprint density at radius 3 is 1.91 bits per heavy atom. The van der Waals surface area contributed by atoms with Crippen LogP contribution in [0.1, 0.15) is 30.1 Å². The molecule has 2 atom stereocenters. The number of likely N-dealkylation sites (tertiary alicyclic amines) is 1. The van der Waals surface area contributed by atoms with E-state index in [2.05, 4.69) is 120 Å². The Kier molecular flexibility index (Phi) is 6.98. The third kappa shape index (κ3) is 4.94. The molecule has 4 aromatic rings. The maximum atomic E-state index is 11.8. The van der Waals surface area contributed by atoms with Gasteiger partial charge in [0, 0.05) is 12.6 Å². The lowest BCUT2D eigenvalue weighted by Gasteiger charge is -2.31. The maximum Gasteiger partial charge on any atom is 0.0951 e. The molecule has 3 heteroatoms. The molecule has 0 aliphatic carbocycles. The molecule has 0 saturated carbocycles. The minimum absolute atomic E-state index is 0.134. The van der Waals surface area contributed by atoms with Gasteiger partial charge < -0.3 is 5.11 Å². The van der Waals surface area contributed by atoms with E-state index in [-0.39, 0.29) is 6.04 Å². The van der Waals surface area contributed by atoms with Crippen LogP contribution in [0.4, 0.5) is 0 Å². The molecule has 1 aliphatic heterocycles. The molecule has 1 N–H and O–H groups in total. The number of nitrogens with zero attached hydrogens (tertiary/aromatic N) is 1. The lowest BCUT2D eigenvalue weighted by Crippen LogP contribution is -2.36. The molecule has 1 heterocycles. The highest BCUT2D eigenvalue weighted by atomic mass is 31.1. The van der Waals surface area contributed by atoms with Crippen LogP contribution >= 0.6 is 7.92 Å². The molecule has 166 valence electrons. The van der Waals surface area contributed by atoms with Gasteiger partial charge in [0.1, 0.15) is 0 Å². The minimum Gasteiger partial charge on any atom is -0.387 e. The number of aliphatic hydroxyl groups is 1. The number of hydrogen-bond acceptors (Lipinski definition) is 2. The zero-order valence-corrected chi connectivity index (χ0v) is 19.7. The van der Waals surface area contributed by atoms with Crippen molar-refractivity contribution in [1.82, 2.24) is 4.90 Å². The lowest BCUT2D eigenvalue weighted by atomic mass is 10.00. The fourth-order valence-electron chi connectivity index (χ4n) is 4.95. The molecule has 2 nitrogen and oxygen atoms in total. The average molecular weight is 452 g/mol. The maximum absolute atomic E-state index is 11.8. The second-order valence-corrected chi connectivity index (χ2v) is 10.9. The van der Waals surface area contributed by atoms with E-state index < -0.39 is 14.0 Å². The average Bonchev–Trinajstić information content (AvgIpc) is 3.34. The van der Waals surface area contributed by atoms with E-state index in [1.54, 1.807) is 0 Å². The van der Waals surface area contributed by atoms with Gasteiger partial charge in [-0.3, -0.25) is 4.90 Å². The Bertz CT molecular complexity index is 1110. The van der Waals surface area contributed by atoms with Crippen LogP contribution in [-0.2, 0) is 6.54 Å². The predicted molar refractivity (Wildman–Crippen MR) is 140 cm³/mol. The van der Waals surface area contributed by atoms with Gasteiger partial charge in [0.25, 0.3) is 0 Å². The van der Waals surface area contributed by atoms with Crippen LogP contribution in [0.3, 0.4) is 0 Å². The third-order valence-corrected chi connectivity index (χ3v) is 9.05. The van der Waals surface area contributed by atoms with Crippen LogP contribution in [-0.4, -0.2) is 22.6 Å². The van der Waals surface area contributed by atoms with Crippen LogP contribution in [0.25, 0.3) is 0 Å². The molecule has 0 radical (unpaired) electrons. The summed E-state index contributed by atoms with van der Waals surface area (Å²) in [4.78, 5) is 2.46. The number of rotatable bonds is 7. The summed E-state index contributed by atoms with van der Waals surface area (Å²) < 4.78 is 0. The molecule has 1 aliphatic rings. The highest BCUT2D eigenvalue weighted by molar-refractivity contribution is 7.79. The van der Waals surface area contributed by atoms with Crippen LogP contribution in [0.15, 0.2) is 115 Å². The number of aliphatic hydroxyl groups excluding tert-OH is 1. The van der Waals surface area contributed by atoms with Crippen molar-refractivity contribution < 1.29 is 5.11 Å². The van der Waals surface area contributed by atoms with Crippen molar-refractivity contribution in [3.8, 4) is 0 Å². The molecule has 1 saturated heterocycles. The number of benzene rings is 4. The molecule has 33 heavy (non-hydrogen) atoms. The van der Waals surface area contributed by atoms with Crippen molar-refractivity contribution in [3.05, 3.63) is 126 Å². The predicted octanol–water partition coefficient (Wildman–Crippen LogP) is 5.14. The summed E-state index contributed by atoms with van der Waals surface area (Å²) in [6.07, 6.45) is 1.64. The van der Waals surface area contributed by atoms with E-state index in [9.17, 15) is 5.11 Å². The zero-order chi connectivity index (χ0) is 22.5. The van der Waals surface area contributed by atoms with E-state index in [0.29, 0.717) is 0 Å². The van der Waals surface area contributed by atoms with Gasteiger partial charge in [-0.25, -0.2) is 0 Å². The Hall–Kier alpha value is -2.77. The van der Waals surface area contributed by atoms with Gasteiger partial charge in [0.05, 0.1) is 6.10 Å². The van der Waals surface area contributed by atoms with Gasteiger partial charge in [-0.2, -0.15) is 0 Å². The van der Waals surface area contributed by atoms with Crippen LogP contribution in [0.5, 0.6) is 0 Å². The van der Waals surface area contributed by atoms with Crippen molar-refractivity contribution in [3.63, 3.8) is 0 Å². The van der Waals surface area contributed by atoms with E-state index in [4.69, 9.17) is 0 Å². The van der Waals surface area contributed by atoms with Crippen molar-refractivity contribution >= 4 is 23.8 Å². The van der Waals surface area contributed by atoms with E-state index in [1.807, 2.05) is 0 Å². The smallest absolute Gasteiger partial charge is 0.0951 e. The SMILES string of the molecule is OC(c1ccccc1P(c1ccccc1)c1ccccc1)C1CCCN1Cc1ccccc1. The van der Waals surface area contributed by atoms with E-state index in [0.717, 1.165) is 31.5 Å². The molecular formula is C30H30NOP. The molecule has 1 fully saturated rings. The third-order valence-electron chi connectivity index (χ3n) is 6.53. The second kappa shape index (κ2) is 10.4. The fraction of sp³-hybridized carbons (Fsp3) is 0.200. The first-order chi connectivity index (χ1) is 16.3. The Balaban J connectivity index is 1.51. The second-order valence-electron chi connectivity index (χ2n) is 8.68. The molecule has 2 unspecified atom stereocenters. The van der Waals surface area contributed by atoms with Crippen molar-refractivity contribution in [2.75, 3.05) is 6.54 Å². The first kappa shape index (κ1) is 22.0. The summed E-state index contributed by atoms with van der Waals surface area (Å²) in [6.45, 7) is 1.92. The molecule has 0 bridgehead atoms. The topological polar surface area (TPSA) is 23.5 Å². The zero-order valence-electron chi connectivity index (χ0n) is 18.8. The van der Waals surface area contributed by atoms with Crippen LogP contribution in [0, 0.1) is 0 Å². The fourth-order valence-corrected chi connectivity index (χ4v) is 7.45. The Morgan fingerprint density at radius 2 is 1.27 bits per heavy atom. The minimum atomic E-state index is -0.754. The molecule has 4 aromatic carbocycles. The van der Waals surface area contributed by atoms with Gasteiger partial charge in [-0.1, -0.05) is 115 Å². The molecule has 5 rings (SSSR count). The summed E-state index contributed by atoms with van der Waals surface area (Å²) in [6, 6.07) is 40.8. The van der Waals surface area contributed by atoms with Gasteiger partial charge in [0.15, 0.2) is 0 Å². The first-order valence-corrected chi connectivity index (χ1v) is 13.1. The molecule has 0 amide bonds. The van der Waals surface area contributed by atoms with E-state index in [1.165, 1.54) is 21.5 Å². The van der Waals surface area contributed by atoms with Crippen LogP contribution < -0.4 is 15.9 Å². The number of hydrogen-bond donors (Lipinski definition) is 1. The quantitative estimate of drug-likeness (QED) is 0.393. The summed E-state index contributed by atoms with van der Waals surface area (Å²) in [5.41, 5.74) is 2.38. The largest absolute Gasteiger partial charge is 0.387 e. The van der Waals surface area contributed by atoms with Gasteiger partial charge in [-0.15, -0.1) is 0 Å². The Labute approximate surface area is 198 Å². The van der Waals surface area contributed by atoms with Crippen LogP contribution in [0.2, 0.25) is 0 Å². The summed E-state index contributed by atoms with van der Waals surface area (Å²) in [5.74, 6) is 0. The molecular weight excluding hydrogens is 421 g/mol. The van der Waals surface area contributed by atoms with Crippen molar-refractivity contribution in [2.24, 2.45) is 0 Å². The molecule has 0 aromatic heterocycles. The van der Waals surface area contributed by atoms with Gasteiger partial charge in [-0.05, 0) is 54.3 Å². The summed E-state index contributed by atoms with van der Waals surface area (Å²) in [7, 11) is -0.754. The standard InChI is InChI=1S/C30H30NOP/c32-30(28-20-12-22-31(28)23-24-13-4-1-5-14-24)27-19-10-11-21-29(27)33(25-15-6-2-7-16-25)26-17-8-3-9-18-26/h1-11,13-19,21,28,30,32H,12,20,22-23H2. The summed E-state index contributed by atoms with van der Waals surface area (Å²) >= 11 is 0. The Morgan fingerprint density at radius 1 is 0.727 bits per heavy atom. The normalized spacial score (nSPS) is 17.3. The highest BCUT2D eigenvalue weighted by Crippen LogP contribution is 2.38. The van der Waals surface area contributed by atoms with Crippen molar-refractivity contribution in [1.29, 1.82) is 0 Å². The first-order valence-electron chi connectivity index (χ1n) is 11.8. The summed E-state index contributed by atoms with van der Waals surface area (Å²) in [5, 5.41) is 15.6. The van der Waals surface area contributed by atoms with Gasteiger partial charge in [0.2, 0.25) is 0 Å². The van der Waals surface area contributed by atoms with Crippen molar-refractivity contribution in [2.45, 2.75) is 31.5 Å². The monoisotopic (exact) mass is 451 g/mol. The molecule has 0 spiro atoms. The van der Waals surface area contributed by atoms with E-state index >= 15 is 0 Å². The van der Waals surface area contributed by atoms with Gasteiger partial charge >= 0.3 is 0 Å². The lowest BCUT2D eigenvalue weighted by molar-refractivity contribution is 0.0695. The highest BCUT2D eigenvalue weighted by Gasteiger charge is 2.33.